The van der Waals surface area contributed by atoms with Crippen LogP contribution >= 0.6 is 0 Å². The van der Waals surface area contributed by atoms with Crippen molar-refractivity contribution in [2.45, 2.75) is 31.8 Å². The van der Waals surface area contributed by atoms with Crippen LogP contribution in [0.15, 0.2) is 42.5 Å². The Bertz CT molecular complexity index is 400. The van der Waals surface area contributed by atoms with Gasteiger partial charge in [0.2, 0.25) is 5.91 Å². The van der Waals surface area contributed by atoms with E-state index in [9.17, 15) is 4.79 Å². The summed E-state index contributed by atoms with van der Waals surface area (Å²) in [5, 5.41) is 6.17. The van der Waals surface area contributed by atoms with Gasteiger partial charge in [-0.2, -0.15) is 0 Å². The summed E-state index contributed by atoms with van der Waals surface area (Å²) in [5.41, 5.74) is 1.13. The van der Waals surface area contributed by atoms with Crippen molar-refractivity contribution in [1.82, 2.24) is 10.6 Å². The van der Waals surface area contributed by atoms with Crippen LogP contribution in [0.2, 0.25) is 0 Å². The Morgan fingerprint density at radius 2 is 2.11 bits per heavy atom. The van der Waals surface area contributed by atoms with Crippen LogP contribution < -0.4 is 10.6 Å². The van der Waals surface area contributed by atoms with Gasteiger partial charge in [-0.3, -0.25) is 4.79 Å². The van der Waals surface area contributed by atoms with Gasteiger partial charge in [0.25, 0.3) is 0 Å². The summed E-state index contributed by atoms with van der Waals surface area (Å²) in [4.78, 5) is 11.7. The molecule has 0 saturated heterocycles. The Kier molecular flexibility index (Phi) is 4.97. The van der Waals surface area contributed by atoms with Gasteiger partial charge in [0.15, 0.2) is 0 Å². The van der Waals surface area contributed by atoms with Gasteiger partial charge in [0.1, 0.15) is 0 Å². The van der Waals surface area contributed by atoms with Crippen molar-refractivity contribution in [3.8, 4) is 0 Å². The highest BCUT2D eigenvalue weighted by atomic mass is 16.1. The van der Waals surface area contributed by atoms with Crippen LogP contribution in [0.1, 0.15) is 24.8 Å². The first-order chi connectivity index (χ1) is 8.84. The Hall–Kier alpha value is -1.61. The van der Waals surface area contributed by atoms with Gasteiger partial charge in [0.05, 0.1) is 6.54 Å². The van der Waals surface area contributed by atoms with Gasteiger partial charge >= 0.3 is 0 Å². The molecule has 3 heteroatoms. The minimum atomic E-state index is 0.0535. The lowest BCUT2D eigenvalue weighted by atomic mass is 10.0. The molecule has 1 aromatic rings. The number of allylic oxidation sites excluding steroid dienone is 1. The molecule has 0 bridgehead atoms. The summed E-state index contributed by atoms with van der Waals surface area (Å²) in [7, 11) is 0. The van der Waals surface area contributed by atoms with Gasteiger partial charge in [0, 0.05) is 12.6 Å². The quantitative estimate of drug-likeness (QED) is 0.778. The molecule has 0 radical (unpaired) electrons. The lowest BCUT2D eigenvalue weighted by Gasteiger charge is -2.17. The van der Waals surface area contributed by atoms with E-state index in [0.29, 0.717) is 19.1 Å². The number of rotatable bonds is 5. The minimum absolute atomic E-state index is 0.0535. The van der Waals surface area contributed by atoms with Gasteiger partial charge in [-0.25, -0.2) is 0 Å². The number of nitrogens with one attached hydrogen (secondary N) is 2. The molecule has 96 valence electrons. The fourth-order valence-electron chi connectivity index (χ4n) is 2.07. The molecule has 1 amide bonds. The number of amides is 1. The van der Waals surface area contributed by atoms with E-state index in [1.807, 2.05) is 30.3 Å². The maximum Gasteiger partial charge on any atom is 0.234 e. The van der Waals surface area contributed by atoms with Crippen molar-refractivity contribution < 1.29 is 4.79 Å². The monoisotopic (exact) mass is 244 g/mol. The molecule has 1 unspecified atom stereocenters. The number of hydrogen-bond acceptors (Lipinski definition) is 2. The second-order valence-corrected chi connectivity index (χ2v) is 4.61. The third kappa shape index (κ3) is 4.34. The highest BCUT2D eigenvalue weighted by molar-refractivity contribution is 5.78. The molecule has 0 aromatic heterocycles. The molecule has 0 saturated carbocycles. The Morgan fingerprint density at radius 3 is 2.83 bits per heavy atom. The molecular formula is C15H20N2O. The van der Waals surface area contributed by atoms with Gasteiger partial charge < -0.3 is 10.6 Å². The summed E-state index contributed by atoms with van der Waals surface area (Å²) in [6, 6.07) is 10.3. The van der Waals surface area contributed by atoms with Crippen LogP contribution in [0, 0.1) is 0 Å². The van der Waals surface area contributed by atoms with Gasteiger partial charge in [-0.15, -0.1) is 0 Å². The molecule has 1 aliphatic rings. The van der Waals surface area contributed by atoms with Crippen molar-refractivity contribution in [2.75, 3.05) is 6.54 Å². The summed E-state index contributed by atoms with van der Waals surface area (Å²) in [6.45, 7) is 0.990. The average Bonchev–Trinajstić information content (AvgIpc) is 2.45. The Balaban J connectivity index is 1.66. The maximum absolute atomic E-state index is 11.7. The lowest BCUT2D eigenvalue weighted by molar-refractivity contribution is -0.120. The fraction of sp³-hybridized carbons (Fsp3) is 0.400. The summed E-state index contributed by atoms with van der Waals surface area (Å²) < 4.78 is 0. The van der Waals surface area contributed by atoms with Crippen molar-refractivity contribution in [1.29, 1.82) is 0 Å². The van der Waals surface area contributed by atoms with Crippen LogP contribution in [-0.4, -0.2) is 18.5 Å². The number of carbonyl (C=O) groups excluding carboxylic acids is 1. The van der Waals surface area contributed by atoms with E-state index < -0.39 is 0 Å². The maximum atomic E-state index is 11.7. The van der Waals surface area contributed by atoms with Gasteiger partial charge in [-0.05, 0) is 24.8 Å². The van der Waals surface area contributed by atoms with Crippen molar-refractivity contribution in [3.63, 3.8) is 0 Å². The Morgan fingerprint density at radius 1 is 1.28 bits per heavy atom. The van der Waals surface area contributed by atoms with Crippen LogP contribution in [0.25, 0.3) is 0 Å². The van der Waals surface area contributed by atoms with Crippen molar-refractivity contribution >= 4 is 5.91 Å². The normalized spacial score (nSPS) is 18.6. The van der Waals surface area contributed by atoms with Crippen LogP contribution in [-0.2, 0) is 11.3 Å². The number of carbonyl (C=O) groups is 1. The van der Waals surface area contributed by atoms with Crippen LogP contribution in [0.5, 0.6) is 0 Å². The molecule has 2 N–H and O–H groups in total. The van der Waals surface area contributed by atoms with Crippen LogP contribution in [0.4, 0.5) is 0 Å². The molecular weight excluding hydrogens is 224 g/mol. The molecule has 0 spiro atoms. The zero-order valence-electron chi connectivity index (χ0n) is 10.6. The molecule has 18 heavy (non-hydrogen) atoms. The van der Waals surface area contributed by atoms with E-state index in [-0.39, 0.29) is 5.91 Å². The topological polar surface area (TPSA) is 41.1 Å². The van der Waals surface area contributed by atoms with Crippen molar-refractivity contribution in [2.24, 2.45) is 0 Å². The number of hydrogen-bond donors (Lipinski definition) is 2. The summed E-state index contributed by atoms with van der Waals surface area (Å²) in [5.74, 6) is 0.0535. The summed E-state index contributed by atoms with van der Waals surface area (Å²) in [6.07, 6.45) is 7.84. The second kappa shape index (κ2) is 6.97. The van der Waals surface area contributed by atoms with E-state index in [2.05, 4.69) is 22.8 Å². The van der Waals surface area contributed by atoms with E-state index in [1.54, 1.807) is 0 Å². The molecule has 0 heterocycles. The van der Waals surface area contributed by atoms with Crippen LogP contribution in [0.3, 0.4) is 0 Å². The Labute approximate surface area is 108 Å². The van der Waals surface area contributed by atoms with E-state index in [4.69, 9.17) is 0 Å². The molecule has 3 nitrogen and oxygen atoms in total. The van der Waals surface area contributed by atoms with E-state index in [0.717, 1.165) is 12.0 Å². The third-order valence-electron chi connectivity index (χ3n) is 3.11. The highest BCUT2D eigenvalue weighted by Gasteiger charge is 2.09. The third-order valence-corrected chi connectivity index (χ3v) is 3.11. The average molecular weight is 244 g/mol. The zero-order chi connectivity index (χ0) is 12.6. The predicted octanol–water partition coefficient (Wildman–Crippen LogP) is 2.00. The summed E-state index contributed by atoms with van der Waals surface area (Å²) >= 11 is 0. The minimum Gasteiger partial charge on any atom is -0.351 e. The number of benzene rings is 1. The zero-order valence-corrected chi connectivity index (χ0v) is 10.6. The molecule has 0 fully saturated rings. The predicted molar refractivity (Wildman–Crippen MR) is 73.1 cm³/mol. The fourth-order valence-corrected chi connectivity index (χ4v) is 2.07. The molecule has 1 atom stereocenters. The second-order valence-electron chi connectivity index (χ2n) is 4.61. The van der Waals surface area contributed by atoms with Crippen molar-refractivity contribution in [3.05, 3.63) is 48.0 Å². The van der Waals surface area contributed by atoms with E-state index >= 15 is 0 Å². The molecule has 1 aliphatic carbocycles. The first-order valence-electron chi connectivity index (χ1n) is 6.55. The highest BCUT2D eigenvalue weighted by Crippen LogP contribution is 2.09. The van der Waals surface area contributed by atoms with E-state index in [1.165, 1.54) is 12.8 Å². The van der Waals surface area contributed by atoms with Gasteiger partial charge in [-0.1, -0.05) is 42.5 Å². The standard InChI is InChI=1S/C15H20N2O/c18-15(12-16-14-9-5-2-6-10-14)17-11-13-7-3-1-4-8-13/h1,3-5,7-9,14,16H,2,6,10-12H2,(H,17,18). The lowest BCUT2D eigenvalue weighted by Crippen LogP contribution is -2.38. The molecule has 2 rings (SSSR count). The molecule has 0 aliphatic heterocycles. The first kappa shape index (κ1) is 12.8. The molecule has 1 aromatic carbocycles. The largest absolute Gasteiger partial charge is 0.351 e. The SMILES string of the molecule is O=C(CNC1C=CCCC1)NCc1ccccc1. The smallest absolute Gasteiger partial charge is 0.234 e. The first-order valence-corrected chi connectivity index (χ1v) is 6.55.